The Morgan fingerprint density at radius 2 is 2.12 bits per heavy atom. The summed E-state index contributed by atoms with van der Waals surface area (Å²) in [6.45, 7) is 4.55. The first-order valence-corrected chi connectivity index (χ1v) is 5.82. The third-order valence-electron chi connectivity index (χ3n) is 2.94. The summed E-state index contributed by atoms with van der Waals surface area (Å²) < 4.78 is 7.57. The SMILES string of the molecule is Cc1cccc(OCc2ncc(Cl)n2C)c1C. The van der Waals surface area contributed by atoms with Crippen LogP contribution in [0.4, 0.5) is 0 Å². The summed E-state index contributed by atoms with van der Waals surface area (Å²) in [4.78, 5) is 4.19. The summed E-state index contributed by atoms with van der Waals surface area (Å²) in [5.41, 5.74) is 2.38. The van der Waals surface area contributed by atoms with Gasteiger partial charge in [0.05, 0.1) is 6.20 Å². The van der Waals surface area contributed by atoms with Crippen molar-refractivity contribution in [3.8, 4) is 5.75 Å². The molecular weight excluding hydrogens is 236 g/mol. The summed E-state index contributed by atoms with van der Waals surface area (Å²) in [5, 5.41) is 0.615. The maximum absolute atomic E-state index is 5.91. The molecular formula is C13H15ClN2O. The Bertz CT molecular complexity index is 534. The molecule has 17 heavy (non-hydrogen) atoms. The van der Waals surface area contributed by atoms with Crippen molar-refractivity contribution in [2.45, 2.75) is 20.5 Å². The number of halogens is 1. The van der Waals surface area contributed by atoms with E-state index in [0.29, 0.717) is 11.8 Å². The third kappa shape index (κ3) is 2.44. The summed E-state index contributed by atoms with van der Waals surface area (Å²) in [6, 6.07) is 6.02. The number of aryl methyl sites for hydroxylation is 1. The van der Waals surface area contributed by atoms with Crippen LogP contribution in [-0.2, 0) is 13.7 Å². The molecule has 0 saturated heterocycles. The Morgan fingerprint density at radius 1 is 1.35 bits per heavy atom. The topological polar surface area (TPSA) is 27.1 Å². The van der Waals surface area contributed by atoms with E-state index < -0.39 is 0 Å². The number of imidazole rings is 1. The maximum atomic E-state index is 5.91. The van der Waals surface area contributed by atoms with Crippen LogP contribution in [0.1, 0.15) is 17.0 Å². The molecule has 0 N–H and O–H groups in total. The van der Waals surface area contributed by atoms with E-state index in [1.807, 2.05) is 23.7 Å². The van der Waals surface area contributed by atoms with Gasteiger partial charge < -0.3 is 9.30 Å². The fourth-order valence-electron chi connectivity index (χ4n) is 1.58. The predicted molar refractivity (Wildman–Crippen MR) is 68.5 cm³/mol. The molecule has 0 spiro atoms. The molecule has 90 valence electrons. The van der Waals surface area contributed by atoms with Gasteiger partial charge in [0, 0.05) is 7.05 Å². The van der Waals surface area contributed by atoms with Crippen molar-refractivity contribution in [1.29, 1.82) is 0 Å². The van der Waals surface area contributed by atoms with Crippen LogP contribution in [-0.4, -0.2) is 9.55 Å². The van der Waals surface area contributed by atoms with E-state index in [1.165, 1.54) is 5.56 Å². The second kappa shape index (κ2) is 4.80. The average molecular weight is 251 g/mol. The van der Waals surface area contributed by atoms with Crippen LogP contribution in [0.5, 0.6) is 5.75 Å². The first-order chi connectivity index (χ1) is 8.09. The van der Waals surface area contributed by atoms with Crippen molar-refractivity contribution < 1.29 is 4.74 Å². The molecule has 3 nitrogen and oxygen atoms in total. The minimum atomic E-state index is 0.424. The second-order valence-corrected chi connectivity index (χ2v) is 4.43. The summed E-state index contributed by atoms with van der Waals surface area (Å²) >= 11 is 5.91. The zero-order chi connectivity index (χ0) is 12.4. The van der Waals surface area contributed by atoms with Gasteiger partial charge in [0.1, 0.15) is 23.3 Å². The molecule has 1 heterocycles. The second-order valence-electron chi connectivity index (χ2n) is 4.04. The van der Waals surface area contributed by atoms with E-state index in [1.54, 1.807) is 6.20 Å². The van der Waals surface area contributed by atoms with Gasteiger partial charge in [0.2, 0.25) is 0 Å². The van der Waals surface area contributed by atoms with Crippen molar-refractivity contribution in [2.24, 2.45) is 7.05 Å². The Labute approximate surface area is 106 Å². The van der Waals surface area contributed by atoms with Gasteiger partial charge in [-0.25, -0.2) is 4.98 Å². The van der Waals surface area contributed by atoms with E-state index in [2.05, 4.69) is 24.9 Å². The van der Waals surface area contributed by atoms with Gasteiger partial charge in [-0.1, -0.05) is 23.7 Å². The van der Waals surface area contributed by atoms with E-state index in [-0.39, 0.29) is 0 Å². The quantitative estimate of drug-likeness (QED) is 0.836. The molecule has 2 rings (SSSR count). The predicted octanol–water partition coefficient (Wildman–Crippen LogP) is 3.27. The van der Waals surface area contributed by atoms with Gasteiger partial charge in [-0.3, -0.25) is 0 Å². The molecule has 2 aromatic rings. The van der Waals surface area contributed by atoms with E-state index >= 15 is 0 Å². The van der Waals surface area contributed by atoms with Gasteiger partial charge in [-0.05, 0) is 31.0 Å². The van der Waals surface area contributed by atoms with E-state index in [4.69, 9.17) is 16.3 Å². The highest BCUT2D eigenvalue weighted by atomic mass is 35.5. The van der Waals surface area contributed by atoms with E-state index in [0.717, 1.165) is 17.1 Å². The molecule has 0 aliphatic rings. The van der Waals surface area contributed by atoms with Gasteiger partial charge in [-0.2, -0.15) is 0 Å². The molecule has 1 aromatic heterocycles. The molecule has 4 heteroatoms. The van der Waals surface area contributed by atoms with Gasteiger partial charge in [-0.15, -0.1) is 0 Å². The normalized spacial score (nSPS) is 10.6. The molecule has 0 aliphatic carbocycles. The number of hydrogen-bond acceptors (Lipinski definition) is 2. The third-order valence-corrected chi connectivity index (χ3v) is 3.29. The van der Waals surface area contributed by atoms with Crippen LogP contribution in [0.25, 0.3) is 0 Å². The fraction of sp³-hybridized carbons (Fsp3) is 0.308. The Morgan fingerprint density at radius 3 is 2.76 bits per heavy atom. The zero-order valence-corrected chi connectivity index (χ0v) is 11.0. The lowest BCUT2D eigenvalue weighted by atomic mass is 10.1. The lowest BCUT2D eigenvalue weighted by Gasteiger charge is -2.10. The van der Waals surface area contributed by atoms with Crippen LogP contribution in [0.15, 0.2) is 24.4 Å². The molecule has 0 unspecified atom stereocenters. The number of benzene rings is 1. The van der Waals surface area contributed by atoms with E-state index in [9.17, 15) is 0 Å². The highest BCUT2D eigenvalue weighted by Crippen LogP contribution is 2.21. The zero-order valence-electron chi connectivity index (χ0n) is 10.2. The largest absolute Gasteiger partial charge is 0.485 e. The van der Waals surface area contributed by atoms with Crippen molar-refractivity contribution in [3.05, 3.63) is 46.5 Å². The number of ether oxygens (including phenoxy) is 1. The smallest absolute Gasteiger partial charge is 0.147 e. The standard InChI is InChI=1S/C13H15ClN2O/c1-9-5-4-6-11(10(9)2)17-8-13-15-7-12(14)16(13)3/h4-7H,8H2,1-3H3. The molecule has 0 bridgehead atoms. The van der Waals surface area contributed by atoms with Crippen molar-refractivity contribution in [2.75, 3.05) is 0 Å². The highest BCUT2D eigenvalue weighted by Gasteiger charge is 2.07. The van der Waals surface area contributed by atoms with Crippen molar-refractivity contribution in [1.82, 2.24) is 9.55 Å². The molecule has 1 aromatic carbocycles. The molecule has 0 atom stereocenters. The first-order valence-electron chi connectivity index (χ1n) is 5.44. The molecule has 0 radical (unpaired) electrons. The van der Waals surface area contributed by atoms with Crippen LogP contribution < -0.4 is 4.74 Å². The Kier molecular flexibility index (Phi) is 3.38. The van der Waals surface area contributed by atoms with Gasteiger partial charge in [0.15, 0.2) is 0 Å². The maximum Gasteiger partial charge on any atom is 0.147 e. The Balaban J connectivity index is 2.13. The van der Waals surface area contributed by atoms with Crippen molar-refractivity contribution >= 4 is 11.6 Å². The number of aromatic nitrogens is 2. The highest BCUT2D eigenvalue weighted by molar-refractivity contribution is 6.29. The number of rotatable bonds is 3. The molecule has 0 saturated carbocycles. The fourth-order valence-corrected chi connectivity index (χ4v) is 1.73. The summed E-state index contributed by atoms with van der Waals surface area (Å²) in [6.07, 6.45) is 1.63. The molecule has 0 amide bonds. The number of nitrogens with zero attached hydrogens (tertiary/aromatic N) is 2. The van der Waals surface area contributed by atoms with Gasteiger partial charge >= 0.3 is 0 Å². The summed E-state index contributed by atoms with van der Waals surface area (Å²) in [5.74, 6) is 1.71. The average Bonchev–Trinajstić information content (AvgIpc) is 2.62. The lowest BCUT2D eigenvalue weighted by Crippen LogP contribution is -2.04. The number of hydrogen-bond donors (Lipinski definition) is 0. The monoisotopic (exact) mass is 250 g/mol. The molecule has 0 aliphatic heterocycles. The van der Waals surface area contributed by atoms with Crippen LogP contribution in [0, 0.1) is 13.8 Å². The minimum Gasteiger partial charge on any atom is -0.485 e. The van der Waals surface area contributed by atoms with Gasteiger partial charge in [0.25, 0.3) is 0 Å². The lowest BCUT2D eigenvalue weighted by molar-refractivity contribution is 0.289. The van der Waals surface area contributed by atoms with Crippen molar-refractivity contribution in [3.63, 3.8) is 0 Å². The minimum absolute atomic E-state index is 0.424. The van der Waals surface area contributed by atoms with Crippen LogP contribution in [0.3, 0.4) is 0 Å². The Hall–Kier alpha value is -1.48. The molecule has 0 fully saturated rings. The summed E-state index contributed by atoms with van der Waals surface area (Å²) in [7, 11) is 1.87. The van der Waals surface area contributed by atoms with Crippen LogP contribution >= 0.6 is 11.6 Å². The van der Waals surface area contributed by atoms with Crippen LogP contribution in [0.2, 0.25) is 5.15 Å². The first kappa shape index (κ1) is 12.0.